The molecular weight excluding hydrogens is 386 g/mol. The van der Waals surface area contributed by atoms with Gasteiger partial charge in [-0.3, -0.25) is 4.79 Å². The van der Waals surface area contributed by atoms with Gasteiger partial charge in [0, 0.05) is 44.9 Å². The summed E-state index contributed by atoms with van der Waals surface area (Å²) in [5.74, 6) is -0.423. The minimum Gasteiger partial charge on any atom is -0.366 e. The number of rotatable bonds is 6. The van der Waals surface area contributed by atoms with E-state index in [1.807, 2.05) is 12.1 Å². The van der Waals surface area contributed by atoms with Crippen molar-refractivity contribution in [3.63, 3.8) is 0 Å². The van der Waals surface area contributed by atoms with E-state index in [9.17, 15) is 4.79 Å². The summed E-state index contributed by atoms with van der Waals surface area (Å²) in [5.41, 5.74) is 11.4. The summed E-state index contributed by atoms with van der Waals surface area (Å²) in [6.45, 7) is 5.27. The Morgan fingerprint density at radius 2 is 2.00 bits per heavy atom. The van der Waals surface area contributed by atoms with Gasteiger partial charge in [-0.25, -0.2) is 4.98 Å². The Balaban J connectivity index is 1.61. The largest absolute Gasteiger partial charge is 0.366 e. The molecule has 2 N–H and O–H groups in total. The lowest BCUT2D eigenvalue weighted by Crippen LogP contribution is -2.10. The number of carbonyl (C=O) groups excluding carboxylic acids is 1. The molecule has 1 aromatic carbocycles. The third kappa shape index (κ3) is 3.66. The lowest BCUT2D eigenvalue weighted by molar-refractivity contribution is 0.100. The fourth-order valence-corrected chi connectivity index (χ4v) is 4.93. The molecule has 4 aromatic rings. The first-order valence-corrected chi connectivity index (χ1v) is 10.8. The summed E-state index contributed by atoms with van der Waals surface area (Å²) in [4.78, 5) is 17.7. The van der Waals surface area contributed by atoms with Crippen LogP contribution in [0.3, 0.4) is 0 Å². The number of carbonyl (C=O) groups is 1. The number of hydrogen-bond donors (Lipinski definition) is 1. The first kappa shape index (κ1) is 18.7. The van der Waals surface area contributed by atoms with Crippen molar-refractivity contribution >= 4 is 28.6 Å². The van der Waals surface area contributed by atoms with E-state index < -0.39 is 5.91 Å². The minimum atomic E-state index is -0.423. The van der Waals surface area contributed by atoms with Crippen LogP contribution in [-0.4, -0.2) is 15.5 Å². The van der Waals surface area contributed by atoms with E-state index in [1.54, 1.807) is 34.8 Å². The van der Waals surface area contributed by atoms with Crippen molar-refractivity contribution in [1.82, 2.24) is 9.55 Å². The van der Waals surface area contributed by atoms with Gasteiger partial charge in [-0.1, -0.05) is 18.2 Å². The highest BCUT2D eigenvalue weighted by Crippen LogP contribution is 2.32. The Kier molecular flexibility index (Phi) is 5.15. The number of thiophene rings is 1. The van der Waals surface area contributed by atoms with Crippen LogP contribution < -0.4 is 5.73 Å². The van der Waals surface area contributed by atoms with Crippen LogP contribution in [0.25, 0.3) is 21.8 Å². The molecule has 0 aliphatic heterocycles. The summed E-state index contributed by atoms with van der Waals surface area (Å²) in [7, 11) is 0. The zero-order valence-electron chi connectivity index (χ0n) is 15.8. The topological polar surface area (TPSA) is 60.9 Å². The number of amides is 1. The normalized spacial score (nSPS) is 11.1. The Morgan fingerprint density at radius 1 is 1.14 bits per heavy atom. The van der Waals surface area contributed by atoms with Gasteiger partial charge in [-0.2, -0.15) is 0 Å². The van der Waals surface area contributed by atoms with Crippen molar-refractivity contribution in [2.45, 2.75) is 26.8 Å². The van der Waals surface area contributed by atoms with Gasteiger partial charge in [0.2, 0.25) is 5.91 Å². The van der Waals surface area contributed by atoms with E-state index in [2.05, 4.69) is 47.4 Å². The molecule has 0 aliphatic carbocycles. The zero-order chi connectivity index (χ0) is 19.7. The van der Waals surface area contributed by atoms with Crippen LogP contribution in [0.15, 0.2) is 53.2 Å². The minimum absolute atomic E-state index is 0.423. The van der Waals surface area contributed by atoms with Crippen LogP contribution in [-0.2, 0) is 13.0 Å². The summed E-state index contributed by atoms with van der Waals surface area (Å²) in [6.07, 6.45) is 1.04. The summed E-state index contributed by atoms with van der Waals surface area (Å²) < 4.78 is 2.36. The SMILES string of the molecule is Cc1cc(-c2csc(-c3cccc(C(N)=O)c3)n2)c(C)n1CCc1cccs1. The highest BCUT2D eigenvalue weighted by molar-refractivity contribution is 7.13. The Hall–Kier alpha value is -2.70. The number of aryl methyl sites for hydroxylation is 2. The zero-order valence-corrected chi connectivity index (χ0v) is 17.4. The fraction of sp³-hybridized carbons (Fsp3) is 0.182. The number of benzene rings is 1. The summed E-state index contributed by atoms with van der Waals surface area (Å²) in [6, 6.07) is 13.8. The van der Waals surface area contributed by atoms with Crippen molar-refractivity contribution in [1.29, 1.82) is 0 Å². The van der Waals surface area contributed by atoms with Crippen molar-refractivity contribution < 1.29 is 4.79 Å². The molecule has 0 atom stereocenters. The number of nitrogens with zero attached hydrogens (tertiary/aromatic N) is 2. The molecule has 1 amide bonds. The number of hydrogen-bond acceptors (Lipinski definition) is 4. The molecule has 6 heteroatoms. The van der Waals surface area contributed by atoms with Crippen LogP contribution in [0.1, 0.15) is 26.6 Å². The van der Waals surface area contributed by atoms with Gasteiger partial charge in [-0.15, -0.1) is 22.7 Å². The standard InChI is InChI=1S/C22H21N3OS2/c1-14-11-19(15(2)25(14)9-8-18-7-4-10-27-18)20-13-28-22(24-20)17-6-3-5-16(12-17)21(23)26/h3-7,10-13H,8-9H2,1-2H3,(H2,23,26). The van der Waals surface area contributed by atoms with E-state index in [4.69, 9.17) is 10.7 Å². The van der Waals surface area contributed by atoms with Crippen LogP contribution >= 0.6 is 22.7 Å². The van der Waals surface area contributed by atoms with E-state index in [0.717, 1.165) is 34.8 Å². The highest BCUT2D eigenvalue weighted by Gasteiger charge is 2.15. The molecule has 0 saturated carbocycles. The van der Waals surface area contributed by atoms with Crippen LogP contribution in [0, 0.1) is 13.8 Å². The fourth-order valence-electron chi connectivity index (χ4n) is 3.42. The van der Waals surface area contributed by atoms with Crippen molar-refractivity contribution in [3.8, 4) is 21.8 Å². The second-order valence-corrected chi connectivity index (χ2v) is 8.64. The Labute approximate surface area is 172 Å². The lowest BCUT2D eigenvalue weighted by atomic mass is 10.1. The molecule has 4 rings (SSSR count). The second kappa shape index (κ2) is 7.73. The number of thiazole rings is 1. The van der Waals surface area contributed by atoms with E-state index in [-0.39, 0.29) is 0 Å². The molecule has 0 radical (unpaired) electrons. The van der Waals surface area contributed by atoms with Gasteiger partial charge in [0.05, 0.1) is 5.69 Å². The van der Waals surface area contributed by atoms with Gasteiger partial charge in [0.1, 0.15) is 5.01 Å². The molecule has 0 fully saturated rings. The molecule has 0 aliphatic rings. The molecule has 142 valence electrons. The maximum Gasteiger partial charge on any atom is 0.248 e. The quantitative estimate of drug-likeness (QED) is 0.471. The summed E-state index contributed by atoms with van der Waals surface area (Å²) in [5, 5.41) is 5.10. The van der Waals surface area contributed by atoms with Gasteiger partial charge in [0.25, 0.3) is 0 Å². The van der Waals surface area contributed by atoms with E-state index in [1.165, 1.54) is 16.3 Å². The van der Waals surface area contributed by atoms with Crippen LogP contribution in [0.5, 0.6) is 0 Å². The van der Waals surface area contributed by atoms with Crippen LogP contribution in [0.2, 0.25) is 0 Å². The van der Waals surface area contributed by atoms with Crippen molar-refractivity contribution in [3.05, 3.63) is 75.1 Å². The highest BCUT2D eigenvalue weighted by atomic mass is 32.1. The number of nitrogens with two attached hydrogens (primary N) is 1. The van der Waals surface area contributed by atoms with Gasteiger partial charge >= 0.3 is 0 Å². The predicted molar refractivity (Wildman–Crippen MR) is 117 cm³/mol. The smallest absolute Gasteiger partial charge is 0.248 e. The lowest BCUT2D eigenvalue weighted by Gasteiger charge is -2.08. The van der Waals surface area contributed by atoms with Crippen molar-refractivity contribution in [2.75, 3.05) is 0 Å². The first-order valence-electron chi connectivity index (χ1n) is 9.08. The molecule has 3 aromatic heterocycles. The number of primary amides is 1. The second-order valence-electron chi connectivity index (χ2n) is 6.75. The van der Waals surface area contributed by atoms with Gasteiger partial charge < -0.3 is 10.3 Å². The summed E-state index contributed by atoms with van der Waals surface area (Å²) >= 11 is 3.39. The third-order valence-corrected chi connectivity index (χ3v) is 6.74. The number of aromatic nitrogens is 2. The molecule has 0 spiro atoms. The molecule has 4 nitrogen and oxygen atoms in total. The monoisotopic (exact) mass is 407 g/mol. The van der Waals surface area contributed by atoms with E-state index >= 15 is 0 Å². The predicted octanol–water partition coefficient (Wildman–Crippen LogP) is 5.30. The molecular formula is C22H21N3OS2. The van der Waals surface area contributed by atoms with Crippen molar-refractivity contribution in [2.24, 2.45) is 5.73 Å². The molecule has 0 saturated heterocycles. The molecule has 0 bridgehead atoms. The first-order chi connectivity index (χ1) is 13.5. The maximum absolute atomic E-state index is 11.4. The van der Waals surface area contributed by atoms with Gasteiger partial charge in [-0.05, 0) is 49.9 Å². The van der Waals surface area contributed by atoms with Crippen LogP contribution in [0.4, 0.5) is 0 Å². The molecule has 28 heavy (non-hydrogen) atoms. The van der Waals surface area contributed by atoms with E-state index in [0.29, 0.717) is 5.56 Å². The molecule has 0 unspecified atom stereocenters. The molecule has 3 heterocycles. The Bertz CT molecular complexity index is 1120. The average Bonchev–Trinajstić information content (AvgIpc) is 3.42. The van der Waals surface area contributed by atoms with Gasteiger partial charge in [0.15, 0.2) is 0 Å². The average molecular weight is 408 g/mol. The maximum atomic E-state index is 11.4. The Morgan fingerprint density at radius 3 is 2.75 bits per heavy atom. The third-order valence-electron chi connectivity index (χ3n) is 4.91.